The quantitative estimate of drug-likeness (QED) is 0.412. The number of benzene rings is 1. The second-order valence-corrected chi connectivity index (χ2v) is 8.88. The standard InChI is InChI=1S/C27H27N5S/c1-18-19(2)32(22-9-5-4-6-10-22)20(3)24(18)26-25(23-11-7-8-14-29-23)30-27(33)31(26)17-21-12-15-28-16-13-21/h4-16,25-26H,17H2,1-3H3,(H,30,33)/t25-,26-/m0/s1. The Labute approximate surface area is 200 Å². The fourth-order valence-electron chi connectivity index (χ4n) is 4.98. The molecule has 5 nitrogen and oxygen atoms in total. The van der Waals surface area contributed by atoms with Crippen molar-refractivity contribution in [2.75, 3.05) is 0 Å². The van der Waals surface area contributed by atoms with Crippen LogP contribution in [0.4, 0.5) is 0 Å². The number of pyridine rings is 2. The minimum atomic E-state index is -0.0380. The number of thiocarbonyl (C=S) groups is 1. The fourth-order valence-corrected chi connectivity index (χ4v) is 5.29. The molecule has 1 N–H and O–H groups in total. The van der Waals surface area contributed by atoms with Crippen LogP contribution in [0, 0.1) is 20.8 Å². The minimum absolute atomic E-state index is 0.0178. The number of hydrogen-bond acceptors (Lipinski definition) is 3. The highest BCUT2D eigenvalue weighted by Crippen LogP contribution is 2.44. The molecule has 0 radical (unpaired) electrons. The number of para-hydroxylation sites is 1. The molecule has 2 atom stereocenters. The molecular weight excluding hydrogens is 426 g/mol. The van der Waals surface area contributed by atoms with E-state index in [0.717, 1.165) is 10.8 Å². The van der Waals surface area contributed by atoms with Gasteiger partial charge in [-0.05, 0) is 80.5 Å². The van der Waals surface area contributed by atoms with Crippen LogP contribution in [-0.2, 0) is 6.54 Å². The van der Waals surface area contributed by atoms with Crippen LogP contribution in [0.25, 0.3) is 5.69 Å². The maximum atomic E-state index is 5.88. The largest absolute Gasteiger partial charge is 0.352 e. The molecule has 166 valence electrons. The Morgan fingerprint density at radius 1 is 0.879 bits per heavy atom. The summed E-state index contributed by atoms with van der Waals surface area (Å²) in [4.78, 5) is 11.2. The molecule has 3 aromatic heterocycles. The van der Waals surface area contributed by atoms with Crippen LogP contribution >= 0.6 is 12.2 Å². The molecule has 1 saturated heterocycles. The van der Waals surface area contributed by atoms with Gasteiger partial charge >= 0.3 is 0 Å². The molecule has 5 rings (SSSR count). The SMILES string of the molecule is Cc1c([C@H]2[C@H](c3ccccn3)NC(=S)N2Cc2ccncc2)c(C)n(-c2ccccc2)c1C. The van der Waals surface area contributed by atoms with Crippen LogP contribution in [-0.4, -0.2) is 24.5 Å². The third kappa shape index (κ3) is 3.80. The van der Waals surface area contributed by atoms with E-state index in [9.17, 15) is 0 Å². The fraction of sp³-hybridized carbons (Fsp3) is 0.222. The molecule has 4 heterocycles. The van der Waals surface area contributed by atoms with Gasteiger partial charge < -0.3 is 14.8 Å². The zero-order chi connectivity index (χ0) is 22.9. The Kier molecular flexibility index (Phi) is 5.68. The van der Waals surface area contributed by atoms with E-state index < -0.39 is 0 Å². The maximum absolute atomic E-state index is 5.88. The van der Waals surface area contributed by atoms with Gasteiger partial charge in [0.2, 0.25) is 0 Å². The van der Waals surface area contributed by atoms with E-state index in [1.165, 1.54) is 33.8 Å². The first-order valence-corrected chi connectivity index (χ1v) is 11.6. The predicted molar refractivity (Wildman–Crippen MR) is 135 cm³/mol. The van der Waals surface area contributed by atoms with E-state index >= 15 is 0 Å². The Bertz CT molecular complexity index is 1270. The lowest BCUT2D eigenvalue weighted by atomic mass is 9.93. The lowest BCUT2D eigenvalue weighted by molar-refractivity contribution is 0.309. The molecule has 0 unspecified atom stereocenters. The molecule has 1 aliphatic rings. The molecule has 1 aliphatic heterocycles. The van der Waals surface area contributed by atoms with E-state index in [0.29, 0.717) is 6.54 Å². The van der Waals surface area contributed by atoms with Crippen LogP contribution in [0.5, 0.6) is 0 Å². The van der Waals surface area contributed by atoms with Gasteiger partial charge in [0.05, 0.1) is 17.8 Å². The third-order valence-electron chi connectivity index (χ3n) is 6.62. The average molecular weight is 454 g/mol. The van der Waals surface area contributed by atoms with Gasteiger partial charge in [0, 0.05) is 47.8 Å². The summed E-state index contributed by atoms with van der Waals surface area (Å²) < 4.78 is 2.35. The summed E-state index contributed by atoms with van der Waals surface area (Å²) in [6.07, 6.45) is 5.52. The first kappa shape index (κ1) is 21.3. The molecule has 0 bridgehead atoms. The van der Waals surface area contributed by atoms with Gasteiger partial charge in [0.15, 0.2) is 5.11 Å². The summed E-state index contributed by atoms with van der Waals surface area (Å²) in [5.41, 5.74) is 8.40. The lowest BCUT2D eigenvalue weighted by Crippen LogP contribution is -2.29. The van der Waals surface area contributed by atoms with Gasteiger partial charge in [-0.2, -0.15) is 0 Å². The number of aromatic nitrogens is 3. The first-order valence-electron chi connectivity index (χ1n) is 11.2. The smallest absolute Gasteiger partial charge is 0.170 e. The van der Waals surface area contributed by atoms with Crippen LogP contribution in [0.15, 0.2) is 79.3 Å². The Morgan fingerprint density at radius 3 is 2.30 bits per heavy atom. The topological polar surface area (TPSA) is 46.0 Å². The van der Waals surface area contributed by atoms with Gasteiger partial charge in [0.25, 0.3) is 0 Å². The zero-order valence-corrected chi connectivity index (χ0v) is 19.9. The highest BCUT2D eigenvalue weighted by Gasteiger charge is 2.42. The number of nitrogens with one attached hydrogen (secondary N) is 1. The monoisotopic (exact) mass is 453 g/mol. The molecule has 0 aliphatic carbocycles. The molecule has 33 heavy (non-hydrogen) atoms. The van der Waals surface area contributed by atoms with E-state index in [1.54, 1.807) is 0 Å². The summed E-state index contributed by atoms with van der Waals surface area (Å²) in [5.74, 6) is 0. The summed E-state index contributed by atoms with van der Waals surface area (Å²) in [6, 6.07) is 20.7. The van der Waals surface area contributed by atoms with Crippen molar-refractivity contribution >= 4 is 17.3 Å². The summed E-state index contributed by atoms with van der Waals surface area (Å²) in [7, 11) is 0. The summed E-state index contributed by atoms with van der Waals surface area (Å²) in [5, 5.41) is 4.33. The van der Waals surface area contributed by atoms with Crippen molar-refractivity contribution in [1.82, 2.24) is 24.8 Å². The predicted octanol–water partition coefficient (Wildman–Crippen LogP) is 5.37. The number of hydrogen-bond donors (Lipinski definition) is 1. The van der Waals surface area contributed by atoms with Crippen molar-refractivity contribution < 1.29 is 0 Å². The molecule has 1 fully saturated rings. The van der Waals surface area contributed by atoms with E-state index in [1.807, 2.05) is 42.9 Å². The van der Waals surface area contributed by atoms with Gasteiger partial charge in [-0.1, -0.05) is 24.3 Å². The van der Waals surface area contributed by atoms with Crippen molar-refractivity contribution in [3.8, 4) is 5.69 Å². The molecule has 0 amide bonds. The molecule has 0 saturated carbocycles. The van der Waals surface area contributed by atoms with Crippen molar-refractivity contribution in [1.29, 1.82) is 0 Å². The van der Waals surface area contributed by atoms with E-state index in [2.05, 4.69) is 76.9 Å². The molecular formula is C27H27N5S. The van der Waals surface area contributed by atoms with Crippen LogP contribution in [0.3, 0.4) is 0 Å². The van der Waals surface area contributed by atoms with Gasteiger partial charge in [-0.3, -0.25) is 9.97 Å². The Balaban J connectivity index is 1.67. The van der Waals surface area contributed by atoms with Crippen molar-refractivity contribution in [3.63, 3.8) is 0 Å². The van der Waals surface area contributed by atoms with Crippen LogP contribution in [0.2, 0.25) is 0 Å². The number of nitrogens with zero attached hydrogens (tertiary/aromatic N) is 4. The highest BCUT2D eigenvalue weighted by molar-refractivity contribution is 7.80. The lowest BCUT2D eigenvalue weighted by Gasteiger charge is -2.29. The van der Waals surface area contributed by atoms with Gasteiger partial charge in [0.1, 0.15) is 0 Å². The van der Waals surface area contributed by atoms with Gasteiger partial charge in [-0.25, -0.2) is 0 Å². The second-order valence-electron chi connectivity index (χ2n) is 8.49. The van der Waals surface area contributed by atoms with E-state index in [4.69, 9.17) is 17.2 Å². The number of rotatable bonds is 5. The van der Waals surface area contributed by atoms with Crippen molar-refractivity contribution in [3.05, 3.63) is 113 Å². The van der Waals surface area contributed by atoms with Crippen LogP contribution in [0.1, 0.15) is 45.9 Å². The van der Waals surface area contributed by atoms with E-state index in [-0.39, 0.29) is 12.1 Å². The zero-order valence-electron chi connectivity index (χ0n) is 19.1. The Hall–Kier alpha value is -3.51. The molecule has 6 heteroatoms. The normalized spacial score (nSPS) is 17.9. The van der Waals surface area contributed by atoms with Crippen molar-refractivity contribution in [2.45, 2.75) is 39.4 Å². The van der Waals surface area contributed by atoms with Crippen molar-refractivity contribution in [2.24, 2.45) is 0 Å². The highest BCUT2D eigenvalue weighted by atomic mass is 32.1. The third-order valence-corrected chi connectivity index (χ3v) is 6.97. The summed E-state index contributed by atoms with van der Waals surface area (Å²) >= 11 is 5.88. The van der Waals surface area contributed by atoms with Crippen LogP contribution < -0.4 is 5.32 Å². The first-order chi connectivity index (χ1) is 16.1. The molecule has 1 aromatic carbocycles. The molecule has 0 spiro atoms. The summed E-state index contributed by atoms with van der Waals surface area (Å²) in [6.45, 7) is 7.34. The Morgan fingerprint density at radius 2 is 1.61 bits per heavy atom. The second kappa shape index (κ2) is 8.79. The average Bonchev–Trinajstić information content (AvgIpc) is 3.27. The molecule has 4 aromatic rings. The maximum Gasteiger partial charge on any atom is 0.170 e. The minimum Gasteiger partial charge on any atom is -0.352 e. The van der Waals surface area contributed by atoms with Gasteiger partial charge in [-0.15, -0.1) is 0 Å².